The lowest BCUT2D eigenvalue weighted by molar-refractivity contribution is -0.137. The Labute approximate surface area is 126 Å². The lowest BCUT2D eigenvalue weighted by Crippen LogP contribution is -2.31. The normalized spacial score (nSPS) is 16.9. The fourth-order valence-corrected chi connectivity index (χ4v) is 2.00. The summed E-state index contributed by atoms with van der Waals surface area (Å²) in [6.45, 7) is 3.66. The van der Waals surface area contributed by atoms with E-state index in [1.807, 2.05) is 32.1 Å². The molecule has 0 rings (SSSR count). The van der Waals surface area contributed by atoms with Gasteiger partial charge in [-0.05, 0) is 26.2 Å². The van der Waals surface area contributed by atoms with E-state index in [9.17, 15) is 9.90 Å². The van der Waals surface area contributed by atoms with Gasteiger partial charge in [0.25, 0.3) is 0 Å². The van der Waals surface area contributed by atoms with Crippen molar-refractivity contribution < 1.29 is 24.9 Å². The highest BCUT2D eigenvalue weighted by molar-refractivity contribution is 5.66. The third-order valence-corrected chi connectivity index (χ3v) is 3.28. The van der Waals surface area contributed by atoms with Gasteiger partial charge in [-0.15, -0.1) is 0 Å². The zero-order valence-electron chi connectivity index (χ0n) is 13.2. The third kappa shape index (κ3) is 9.39. The second-order valence-corrected chi connectivity index (χ2v) is 5.29. The van der Waals surface area contributed by atoms with Gasteiger partial charge in [-0.2, -0.15) is 0 Å². The molecule has 0 aliphatic carbocycles. The molecule has 0 bridgehead atoms. The number of unbranched alkanes of at least 4 members (excludes halogenated alkanes) is 2. The Morgan fingerprint density at radius 1 is 1.33 bits per heavy atom. The molecule has 0 spiro atoms. The van der Waals surface area contributed by atoms with E-state index in [4.69, 9.17) is 14.9 Å². The first-order valence-corrected chi connectivity index (χ1v) is 7.29. The molecule has 0 aromatic rings. The maximum absolute atomic E-state index is 10.4. The minimum atomic E-state index is -0.774. The van der Waals surface area contributed by atoms with Crippen molar-refractivity contribution in [3.05, 3.63) is 23.8 Å². The number of carboxylic acid groups (broad SMARTS) is 1. The molecule has 0 aliphatic heterocycles. The number of hydrogen-bond donors (Lipinski definition) is 3. The fourth-order valence-electron chi connectivity index (χ4n) is 2.00. The van der Waals surface area contributed by atoms with Crippen molar-refractivity contribution >= 4 is 5.97 Å². The average molecular weight is 300 g/mol. The Balaban J connectivity index is 4.27. The van der Waals surface area contributed by atoms with Crippen LogP contribution < -0.4 is 0 Å². The Kier molecular flexibility index (Phi) is 10.8. The molecule has 0 radical (unpaired) electrons. The van der Waals surface area contributed by atoms with Gasteiger partial charge in [-0.3, -0.25) is 4.79 Å². The number of hydrogen-bond acceptors (Lipinski definition) is 4. The summed E-state index contributed by atoms with van der Waals surface area (Å²) in [7, 11) is 1.54. The Morgan fingerprint density at radius 3 is 2.52 bits per heavy atom. The van der Waals surface area contributed by atoms with Gasteiger partial charge >= 0.3 is 5.97 Å². The van der Waals surface area contributed by atoms with Crippen molar-refractivity contribution in [2.24, 2.45) is 5.92 Å². The first kappa shape index (κ1) is 19.8. The molecule has 1 unspecified atom stereocenters. The van der Waals surface area contributed by atoms with Gasteiger partial charge in [-0.1, -0.05) is 30.7 Å². The molecule has 0 heterocycles. The Morgan fingerprint density at radius 2 is 2.00 bits per heavy atom. The van der Waals surface area contributed by atoms with Gasteiger partial charge in [0.2, 0.25) is 0 Å². The highest BCUT2D eigenvalue weighted by Crippen LogP contribution is 2.15. The topological polar surface area (TPSA) is 87.0 Å². The number of allylic oxidation sites excluding steroid dienone is 1. The summed E-state index contributed by atoms with van der Waals surface area (Å²) in [5, 5.41) is 27.7. The molecule has 122 valence electrons. The summed E-state index contributed by atoms with van der Waals surface area (Å²) >= 11 is 0. The van der Waals surface area contributed by atoms with Gasteiger partial charge in [0, 0.05) is 19.4 Å². The largest absolute Gasteiger partial charge is 0.481 e. The number of rotatable bonds is 11. The standard InChI is InChI=1S/C16H28O5/c1-12(11-17)10-13(2)16(20)14(21-3)8-6-4-5-7-9-15(18)19/h6,8,10,13-14,16-17,20H,4-5,7,9,11H2,1-3H3,(H,18,19)/b8-6+,12-10-/t13-,14?,16+/m1/s1. The van der Waals surface area contributed by atoms with Crippen molar-refractivity contribution in [1.82, 2.24) is 0 Å². The van der Waals surface area contributed by atoms with Gasteiger partial charge in [0.1, 0.15) is 6.10 Å². The van der Waals surface area contributed by atoms with Crippen molar-refractivity contribution in [1.29, 1.82) is 0 Å². The number of aliphatic carboxylic acids is 1. The molecule has 0 amide bonds. The summed E-state index contributed by atoms with van der Waals surface area (Å²) in [6, 6.07) is 0. The van der Waals surface area contributed by atoms with Crippen LogP contribution in [-0.2, 0) is 9.53 Å². The fraction of sp³-hybridized carbons (Fsp3) is 0.688. The highest BCUT2D eigenvalue weighted by Gasteiger charge is 2.21. The zero-order chi connectivity index (χ0) is 16.3. The molecular weight excluding hydrogens is 272 g/mol. The predicted octanol–water partition coefficient (Wildman–Crippen LogP) is 2.14. The quantitative estimate of drug-likeness (QED) is 0.402. The summed E-state index contributed by atoms with van der Waals surface area (Å²) < 4.78 is 5.27. The second kappa shape index (κ2) is 11.5. The van der Waals surface area contributed by atoms with Crippen LogP contribution in [0.15, 0.2) is 23.8 Å². The number of aliphatic hydroxyl groups is 2. The van der Waals surface area contributed by atoms with E-state index in [0.717, 1.165) is 18.4 Å². The van der Waals surface area contributed by atoms with E-state index in [1.165, 1.54) is 7.11 Å². The summed E-state index contributed by atoms with van der Waals surface area (Å²) in [5.74, 6) is -0.900. The van der Waals surface area contributed by atoms with E-state index >= 15 is 0 Å². The van der Waals surface area contributed by atoms with Gasteiger partial charge in [0.05, 0.1) is 12.7 Å². The first-order chi connectivity index (χ1) is 9.92. The number of carboxylic acids is 1. The van der Waals surface area contributed by atoms with E-state index in [-0.39, 0.29) is 18.9 Å². The molecule has 0 saturated heterocycles. The van der Waals surface area contributed by atoms with Crippen molar-refractivity contribution in [2.75, 3.05) is 13.7 Å². The maximum atomic E-state index is 10.4. The van der Waals surface area contributed by atoms with Gasteiger partial charge in [-0.25, -0.2) is 0 Å². The SMILES string of the molecule is COC(/C=C/CCCCC(=O)O)[C@@H](O)[C@H](C)/C=C(/C)CO. The first-order valence-electron chi connectivity index (χ1n) is 7.29. The van der Waals surface area contributed by atoms with Crippen LogP contribution in [0.2, 0.25) is 0 Å². The molecule has 3 atom stereocenters. The highest BCUT2D eigenvalue weighted by atomic mass is 16.5. The van der Waals surface area contributed by atoms with Crippen LogP contribution in [0.25, 0.3) is 0 Å². The average Bonchev–Trinajstić information content (AvgIpc) is 2.45. The van der Waals surface area contributed by atoms with Gasteiger partial charge < -0.3 is 20.1 Å². The molecule has 0 aromatic heterocycles. The molecular formula is C16H28O5. The smallest absolute Gasteiger partial charge is 0.303 e. The Hall–Kier alpha value is -1.17. The van der Waals surface area contributed by atoms with Crippen LogP contribution in [0, 0.1) is 5.92 Å². The molecule has 0 aromatic carbocycles. The van der Waals surface area contributed by atoms with Crippen molar-refractivity contribution in [3.63, 3.8) is 0 Å². The van der Waals surface area contributed by atoms with Crippen molar-refractivity contribution in [3.8, 4) is 0 Å². The molecule has 0 saturated carbocycles. The predicted molar refractivity (Wildman–Crippen MR) is 82.1 cm³/mol. The van der Waals surface area contributed by atoms with E-state index in [1.54, 1.807) is 0 Å². The third-order valence-electron chi connectivity index (χ3n) is 3.28. The van der Waals surface area contributed by atoms with E-state index in [2.05, 4.69) is 0 Å². The minimum Gasteiger partial charge on any atom is -0.481 e. The summed E-state index contributed by atoms with van der Waals surface area (Å²) in [4.78, 5) is 10.4. The molecule has 3 N–H and O–H groups in total. The number of aliphatic hydroxyl groups excluding tert-OH is 2. The monoisotopic (exact) mass is 300 g/mol. The molecule has 0 fully saturated rings. The molecule has 5 heteroatoms. The number of methoxy groups -OCH3 is 1. The number of ether oxygens (including phenoxy) is 1. The zero-order valence-corrected chi connectivity index (χ0v) is 13.2. The van der Waals surface area contributed by atoms with Crippen LogP contribution in [0.1, 0.15) is 39.5 Å². The van der Waals surface area contributed by atoms with Crippen LogP contribution in [-0.4, -0.2) is 47.2 Å². The molecule has 5 nitrogen and oxygen atoms in total. The number of carbonyl (C=O) groups is 1. The lowest BCUT2D eigenvalue weighted by atomic mass is 9.96. The van der Waals surface area contributed by atoms with Crippen LogP contribution in [0.4, 0.5) is 0 Å². The van der Waals surface area contributed by atoms with Crippen LogP contribution >= 0.6 is 0 Å². The van der Waals surface area contributed by atoms with Crippen molar-refractivity contribution in [2.45, 2.75) is 51.7 Å². The Bertz CT molecular complexity index is 349. The minimum absolute atomic E-state index is 0.0197. The maximum Gasteiger partial charge on any atom is 0.303 e. The summed E-state index contributed by atoms with van der Waals surface area (Å²) in [6.07, 6.45) is 6.85. The summed E-state index contributed by atoms with van der Waals surface area (Å²) in [5.41, 5.74) is 0.814. The molecule has 21 heavy (non-hydrogen) atoms. The van der Waals surface area contributed by atoms with E-state index < -0.39 is 18.2 Å². The van der Waals surface area contributed by atoms with Crippen LogP contribution in [0.3, 0.4) is 0 Å². The van der Waals surface area contributed by atoms with Gasteiger partial charge in [0.15, 0.2) is 0 Å². The molecule has 0 aliphatic rings. The van der Waals surface area contributed by atoms with E-state index in [0.29, 0.717) is 6.42 Å². The van der Waals surface area contributed by atoms with Crippen LogP contribution in [0.5, 0.6) is 0 Å². The lowest BCUT2D eigenvalue weighted by Gasteiger charge is -2.23. The second-order valence-electron chi connectivity index (χ2n) is 5.29.